The van der Waals surface area contributed by atoms with Gasteiger partial charge in [0.15, 0.2) is 0 Å². The Balaban J connectivity index is 2.49. The fourth-order valence-corrected chi connectivity index (χ4v) is 2.00. The van der Waals surface area contributed by atoms with Crippen molar-refractivity contribution in [1.29, 1.82) is 0 Å². The second kappa shape index (κ2) is 7.89. The van der Waals surface area contributed by atoms with Gasteiger partial charge in [-0.2, -0.15) is 0 Å². The van der Waals surface area contributed by atoms with Crippen LogP contribution in [0.15, 0.2) is 0 Å². The lowest BCUT2D eigenvalue weighted by Gasteiger charge is -2.20. The van der Waals surface area contributed by atoms with E-state index in [2.05, 4.69) is 5.32 Å². The summed E-state index contributed by atoms with van der Waals surface area (Å²) < 4.78 is 4.98. The molecule has 1 atom stereocenters. The Labute approximate surface area is 113 Å². The van der Waals surface area contributed by atoms with Gasteiger partial charge in [0.05, 0.1) is 6.61 Å². The molecule has 1 rings (SSSR count). The highest BCUT2D eigenvalue weighted by Crippen LogP contribution is 2.12. The molecule has 0 aromatic rings. The zero-order valence-corrected chi connectivity index (χ0v) is 11.6. The lowest BCUT2D eigenvalue weighted by molar-refractivity contribution is -0.147. The number of nitrogens with zero attached hydrogens (tertiary/aromatic N) is 1. The lowest BCUT2D eigenvalue weighted by atomic mass is 10.2. The summed E-state index contributed by atoms with van der Waals surface area (Å²) in [5, 5.41) is 3.08. The summed E-state index contributed by atoms with van der Waals surface area (Å²) in [4.78, 5) is 35.9. The first kappa shape index (κ1) is 15.6. The van der Waals surface area contributed by atoms with Gasteiger partial charge in [0.25, 0.3) is 0 Å². The average Bonchev–Trinajstić information content (AvgIpc) is 2.70. The first-order chi connectivity index (χ1) is 9.10. The van der Waals surface area contributed by atoms with Gasteiger partial charge >= 0.3 is 5.97 Å². The van der Waals surface area contributed by atoms with E-state index in [0.717, 1.165) is 6.42 Å². The number of carbonyl (C=O) groups is 3. The molecule has 1 fully saturated rings. The number of nitrogens with one attached hydrogen (secondary N) is 1. The molecule has 108 valence electrons. The summed E-state index contributed by atoms with van der Waals surface area (Å²) in [6.07, 6.45) is 1.87. The minimum Gasteiger partial charge on any atom is -0.465 e. The molecule has 1 saturated heterocycles. The topological polar surface area (TPSA) is 75.7 Å². The Morgan fingerprint density at radius 1 is 1.32 bits per heavy atom. The smallest absolute Gasteiger partial charge is 0.323 e. The van der Waals surface area contributed by atoms with Gasteiger partial charge in [-0.1, -0.05) is 6.92 Å². The summed E-state index contributed by atoms with van der Waals surface area (Å²) in [6, 6.07) is -0.457. The van der Waals surface area contributed by atoms with Gasteiger partial charge < -0.3 is 10.1 Å². The molecule has 2 amide bonds. The van der Waals surface area contributed by atoms with E-state index in [-0.39, 0.29) is 37.2 Å². The minimum atomic E-state index is -0.457. The second-order valence-electron chi connectivity index (χ2n) is 4.49. The molecule has 6 nitrogen and oxygen atoms in total. The van der Waals surface area contributed by atoms with Crippen LogP contribution in [0.1, 0.15) is 39.5 Å². The standard InChI is InChI=1S/C13H22N2O4/c1-3-8-14-10(13(18)19-4-2)7-9-15-11(16)5-6-12(15)17/h10,14H,3-9H2,1-2H3. The van der Waals surface area contributed by atoms with Crippen LogP contribution >= 0.6 is 0 Å². The second-order valence-corrected chi connectivity index (χ2v) is 4.49. The van der Waals surface area contributed by atoms with Crippen LogP contribution in [-0.2, 0) is 19.1 Å². The zero-order valence-electron chi connectivity index (χ0n) is 11.6. The Kier molecular flexibility index (Phi) is 6.49. The fraction of sp³-hybridized carbons (Fsp3) is 0.769. The molecule has 0 radical (unpaired) electrons. The molecule has 6 heteroatoms. The van der Waals surface area contributed by atoms with Crippen molar-refractivity contribution < 1.29 is 19.1 Å². The molecular weight excluding hydrogens is 248 g/mol. The third kappa shape index (κ3) is 4.63. The summed E-state index contributed by atoms with van der Waals surface area (Å²) in [7, 11) is 0. The predicted octanol–water partition coefficient (Wildman–Crippen LogP) is 0.457. The molecule has 0 aliphatic carbocycles. The molecule has 0 spiro atoms. The minimum absolute atomic E-state index is 0.150. The Morgan fingerprint density at radius 2 is 1.95 bits per heavy atom. The van der Waals surface area contributed by atoms with Crippen LogP contribution in [-0.4, -0.2) is 48.4 Å². The molecule has 1 heterocycles. The van der Waals surface area contributed by atoms with Gasteiger partial charge in [0.2, 0.25) is 11.8 Å². The third-order valence-electron chi connectivity index (χ3n) is 3.01. The van der Waals surface area contributed by atoms with Crippen LogP contribution in [0.25, 0.3) is 0 Å². The van der Waals surface area contributed by atoms with E-state index < -0.39 is 6.04 Å². The Bertz CT molecular complexity index is 328. The SMILES string of the molecule is CCCNC(CCN1C(=O)CCC1=O)C(=O)OCC. The maximum Gasteiger partial charge on any atom is 0.323 e. The van der Waals surface area contributed by atoms with Crippen LogP contribution in [0.3, 0.4) is 0 Å². The van der Waals surface area contributed by atoms with E-state index in [1.165, 1.54) is 4.90 Å². The molecule has 0 saturated carbocycles. The molecular formula is C13H22N2O4. The number of amides is 2. The number of rotatable bonds is 8. The number of hydrogen-bond donors (Lipinski definition) is 1. The monoisotopic (exact) mass is 270 g/mol. The maximum atomic E-state index is 11.7. The first-order valence-corrected chi connectivity index (χ1v) is 6.83. The number of carbonyl (C=O) groups excluding carboxylic acids is 3. The Morgan fingerprint density at radius 3 is 2.47 bits per heavy atom. The van der Waals surface area contributed by atoms with E-state index in [1.54, 1.807) is 6.92 Å². The van der Waals surface area contributed by atoms with Crippen molar-refractivity contribution in [2.45, 2.75) is 45.6 Å². The molecule has 0 bridgehead atoms. The van der Waals surface area contributed by atoms with E-state index in [9.17, 15) is 14.4 Å². The van der Waals surface area contributed by atoms with Crippen molar-refractivity contribution in [3.05, 3.63) is 0 Å². The van der Waals surface area contributed by atoms with E-state index in [0.29, 0.717) is 19.6 Å². The molecule has 1 aliphatic rings. The van der Waals surface area contributed by atoms with Crippen molar-refractivity contribution in [3.63, 3.8) is 0 Å². The van der Waals surface area contributed by atoms with Crippen molar-refractivity contribution in [2.75, 3.05) is 19.7 Å². The molecule has 19 heavy (non-hydrogen) atoms. The molecule has 1 aliphatic heterocycles. The highest BCUT2D eigenvalue weighted by Gasteiger charge is 2.30. The first-order valence-electron chi connectivity index (χ1n) is 6.83. The largest absolute Gasteiger partial charge is 0.465 e. The molecule has 0 aromatic heterocycles. The van der Waals surface area contributed by atoms with Crippen molar-refractivity contribution in [1.82, 2.24) is 10.2 Å². The van der Waals surface area contributed by atoms with Crippen LogP contribution in [0.5, 0.6) is 0 Å². The zero-order chi connectivity index (χ0) is 14.3. The highest BCUT2D eigenvalue weighted by atomic mass is 16.5. The van der Waals surface area contributed by atoms with Gasteiger partial charge in [-0.15, -0.1) is 0 Å². The fourth-order valence-electron chi connectivity index (χ4n) is 2.00. The number of ether oxygens (including phenoxy) is 1. The summed E-state index contributed by atoms with van der Waals surface area (Å²) in [5.41, 5.74) is 0. The third-order valence-corrected chi connectivity index (χ3v) is 3.01. The van der Waals surface area contributed by atoms with Crippen molar-refractivity contribution >= 4 is 17.8 Å². The normalized spacial score (nSPS) is 16.8. The van der Waals surface area contributed by atoms with Crippen LogP contribution in [0.2, 0.25) is 0 Å². The van der Waals surface area contributed by atoms with Crippen LogP contribution in [0, 0.1) is 0 Å². The van der Waals surface area contributed by atoms with Crippen molar-refractivity contribution in [3.8, 4) is 0 Å². The molecule has 1 unspecified atom stereocenters. The van der Waals surface area contributed by atoms with Crippen LogP contribution < -0.4 is 5.32 Å². The van der Waals surface area contributed by atoms with Gasteiger partial charge in [0.1, 0.15) is 6.04 Å². The van der Waals surface area contributed by atoms with Gasteiger partial charge in [-0.25, -0.2) is 0 Å². The Hall–Kier alpha value is -1.43. The molecule has 1 N–H and O–H groups in total. The number of imide groups is 1. The quantitative estimate of drug-likeness (QED) is 0.512. The maximum absolute atomic E-state index is 11.7. The summed E-state index contributed by atoms with van der Waals surface area (Å²) >= 11 is 0. The summed E-state index contributed by atoms with van der Waals surface area (Å²) in [5.74, 6) is -0.624. The van der Waals surface area contributed by atoms with Crippen molar-refractivity contribution in [2.24, 2.45) is 0 Å². The predicted molar refractivity (Wildman–Crippen MR) is 69.3 cm³/mol. The van der Waals surface area contributed by atoms with Gasteiger partial charge in [-0.3, -0.25) is 19.3 Å². The summed E-state index contributed by atoms with van der Waals surface area (Å²) in [6.45, 7) is 5.05. The number of likely N-dealkylation sites (tertiary alicyclic amines) is 1. The number of hydrogen-bond acceptors (Lipinski definition) is 5. The van der Waals surface area contributed by atoms with E-state index in [4.69, 9.17) is 4.74 Å². The van der Waals surface area contributed by atoms with E-state index in [1.807, 2.05) is 6.92 Å². The van der Waals surface area contributed by atoms with E-state index >= 15 is 0 Å². The van der Waals surface area contributed by atoms with Gasteiger partial charge in [-0.05, 0) is 26.3 Å². The van der Waals surface area contributed by atoms with Gasteiger partial charge in [0, 0.05) is 19.4 Å². The lowest BCUT2D eigenvalue weighted by Crippen LogP contribution is -2.42. The highest BCUT2D eigenvalue weighted by molar-refractivity contribution is 6.01. The number of esters is 1. The average molecular weight is 270 g/mol. The molecule has 0 aromatic carbocycles. The van der Waals surface area contributed by atoms with Crippen LogP contribution in [0.4, 0.5) is 0 Å².